The van der Waals surface area contributed by atoms with Crippen molar-refractivity contribution in [2.24, 2.45) is 5.92 Å². The van der Waals surface area contributed by atoms with Crippen LogP contribution < -0.4 is 0 Å². The van der Waals surface area contributed by atoms with Gasteiger partial charge in [-0.25, -0.2) is 0 Å². The van der Waals surface area contributed by atoms with Gasteiger partial charge in [0.2, 0.25) is 0 Å². The lowest BCUT2D eigenvalue weighted by atomic mass is 9.97. The van der Waals surface area contributed by atoms with Crippen LogP contribution in [0.5, 0.6) is 0 Å². The van der Waals surface area contributed by atoms with Gasteiger partial charge in [-0.15, -0.1) is 6.58 Å². The summed E-state index contributed by atoms with van der Waals surface area (Å²) in [5.41, 5.74) is 0. The topological polar surface area (TPSA) is 55.4 Å². The fraction of sp³-hybridized carbons (Fsp3) is 0.958. The summed E-state index contributed by atoms with van der Waals surface area (Å²) in [6.07, 6.45) is 41.5. The molecule has 324 valence electrons. The maximum atomic E-state index is 6.61. The van der Waals surface area contributed by atoms with Gasteiger partial charge in [0.25, 0.3) is 5.97 Å². The highest BCUT2D eigenvalue weighted by Crippen LogP contribution is 2.32. The van der Waals surface area contributed by atoms with E-state index in [4.69, 9.17) is 28.4 Å². The van der Waals surface area contributed by atoms with Gasteiger partial charge in [0, 0.05) is 19.8 Å². The lowest BCUT2D eigenvalue weighted by molar-refractivity contribution is -0.403. The number of hydrogen-bond donors (Lipinski definition) is 0. The molecule has 0 saturated carbocycles. The van der Waals surface area contributed by atoms with Gasteiger partial charge in [-0.1, -0.05) is 207 Å². The van der Waals surface area contributed by atoms with Gasteiger partial charge in [-0.3, -0.25) is 0 Å². The normalized spacial score (nSPS) is 12.5. The maximum absolute atomic E-state index is 6.61. The predicted octanol–water partition coefficient (Wildman–Crippen LogP) is 14.7. The monoisotopic (exact) mass is 769 g/mol. The molecule has 0 heterocycles. The fourth-order valence-electron chi connectivity index (χ4n) is 7.08. The first-order valence-electron chi connectivity index (χ1n) is 24.0. The van der Waals surface area contributed by atoms with Crippen LogP contribution in [0.15, 0.2) is 12.7 Å². The lowest BCUT2D eigenvalue weighted by Gasteiger charge is -2.38. The van der Waals surface area contributed by atoms with Crippen LogP contribution in [0.1, 0.15) is 227 Å². The minimum atomic E-state index is -1.23. The minimum absolute atomic E-state index is 0.100. The van der Waals surface area contributed by atoms with E-state index in [1.54, 1.807) is 0 Å². The van der Waals surface area contributed by atoms with Gasteiger partial charge in [0.1, 0.15) is 0 Å². The zero-order chi connectivity index (χ0) is 39.3. The van der Waals surface area contributed by atoms with E-state index >= 15 is 0 Å². The lowest BCUT2D eigenvalue weighted by Crippen LogP contribution is -2.48. The molecule has 1 unspecified atom stereocenters. The first-order valence-corrected chi connectivity index (χ1v) is 24.0. The molecule has 0 aromatic heterocycles. The number of unbranched alkanes of at least 4 members (excludes halogenated alkanes) is 26. The van der Waals surface area contributed by atoms with Crippen LogP contribution in [0, 0.1) is 5.92 Å². The van der Waals surface area contributed by atoms with E-state index in [1.165, 1.54) is 167 Å². The third-order valence-corrected chi connectivity index (χ3v) is 10.6. The van der Waals surface area contributed by atoms with Gasteiger partial charge in [-0.05, 0) is 25.7 Å². The maximum Gasteiger partial charge on any atom is 0.289 e. The summed E-state index contributed by atoms with van der Waals surface area (Å²) < 4.78 is 38.0. The highest BCUT2D eigenvalue weighted by atomic mass is 16.9. The van der Waals surface area contributed by atoms with Crippen molar-refractivity contribution in [1.82, 2.24) is 0 Å². The van der Waals surface area contributed by atoms with E-state index in [-0.39, 0.29) is 5.92 Å². The van der Waals surface area contributed by atoms with E-state index < -0.39 is 5.97 Å². The third-order valence-electron chi connectivity index (χ3n) is 10.6. The largest absolute Gasteiger partial charge is 0.379 e. The molecular formula is C48H96O6. The fourth-order valence-corrected chi connectivity index (χ4v) is 7.08. The molecule has 0 aromatic carbocycles. The van der Waals surface area contributed by atoms with Crippen molar-refractivity contribution in [3.63, 3.8) is 0 Å². The van der Waals surface area contributed by atoms with Crippen molar-refractivity contribution in [3.05, 3.63) is 12.7 Å². The van der Waals surface area contributed by atoms with Gasteiger partial charge in [0.15, 0.2) is 0 Å². The van der Waals surface area contributed by atoms with E-state index in [2.05, 4.69) is 34.3 Å². The van der Waals surface area contributed by atoms with Crippen molar-refractivity contribution in [2.75, 3.05) is 59.5 Å². The molecule has 0 saturated heterocycles. The van der Waals surface area contributed by atoms with E-state index in [0.717, 1.165) is 51.9 Å². The molecular weight excluding hydrogens is 673 g/mol. The predicted molar refractivity (Wildman–Crippen MR) is 233 cm³/mol. The summed E-state index contributed by atoms with van der Waals surface area (Å²) in [5.74, 6) is -1.33. The molecule has 6 heteroatoms. The zero-order valence-corrected chi connectivity index (χ0v) is 37.1. The second-order valence-corrected chi connectivity index (χ2v) is 15.8. The van der Waals surface area contributed by atoms with Gasteiger partial charge >= 0.3 is 0 Å². The van der Waals surface area contributed by atoms with Gasteiger partial charge in [0.05, 0.1) is 45.6 Å². The van der Waals surface area contributed by atoms with Crippen LogP contribution in [-0.4, -0.2) is 65.4 Å². The second kappa shape index (κ2) is 45.2. The van der Waals surface area contributed by atoms with Crippen molar-refractivity contribution < 1.29 is 28.4 Å². The molecule has 0 amide bonds. The standard InChI is InChI=1S/C48H96O6/c1-6-11-15-19-23-26-30-34-38-49-41-44-52-48(47(10-5)37-33-29-22-18-14-9-4,53-45-42-50-39-35-31-27-24-20-16-12-7-2)54-46-43-51-40-36-32-28-25-21-17-13-8-3/h10,47H,5-9,11-46H2,1-4H3. The van der Waals surface area contributed by atoms with Gasteiger partial charge < -0.3 is 28.4 Å². The molecule has 6 nitrogen and oxygen atoms in total. The highest BCUT2D eigenvalue weighted by Gasteiger charge is 2.41. The average Bonchev–Trinajstić information content (AvgIpc) is 3.18. The first kappa shape index (κ1) is 53.5. The molecule has 54 heavy (non-hydrogen) atoms. The summed E-state index contributed by atoms with van der Waals surface area (Å²) in [5, 5.41) is 0. The van der Waals surface area contributed by atoms with Crippen LogP contribution in [0.2, 0.25) is 0 Å². The van der Waals surface area contributed by atoms with Crippen LogP contribution in [0.25, 0.3) is 0 Å². The third kappa shape index (κ3) is 35.9. The Bertz CT molecular complexity index is 633. The molecule has 1 atom stereocenters. The van der Waals surface area contributed by atoms with Crippen LogP contribution in [-0.2, 0) is 28.4 Å². The molecule has 0 aliphatic heterocycles. The SMILES string of the molecule is C=CC(CCCCCCCC)C(OCCOCCCCCCCCCC)(OCCOCCCCCCCCCC)OCCOCCCCCCCCCC. The molecule has 0 rings (SSSR count). The Morgan fingerprint density at radius 2 is 0.593 bits per heavy atom. The highest BCUT2D eigenvalue weighted by molar-refractivity contribution is 4.87. The van der Waals surface area contributed by atoms with Gasteiger partial charge in [-0.2, -0.15) is 0 Å². The minimum Gasteiger partial charge on any atom is -0.379 e. The zero-order valence-electron chi connectivity index (χ0n) is 37.1. The summed E-state index contributed by atoms with van der Waals surface area (Å²) in [6, 6.07) is 0. The molecule has 0 radical (unpaired) electrons. The van der Waals surface area contributed by atoms with E-state index in [0.29, 0.717) is 39.6 Å². The smallest absolute Gasteiger partial charge is 0.289 e. The molecule has 0 aliphatic rings. The molecule has 0 N–H and O–H groups in total. The van der Waals surface area contributed by atoms with Crippen LogP contribution in [0.4, 0.5) is 0 Å². The Hall–Kier alpha value is -0.500. The van der Waals surface area contributed by atoms with Crippen LogP contribution in [0.3, 0.4) is 0 Å². The molecule has 0 bridgehead atoms. The van der Waals surface area contributed by atoms with Crippen molar-refractivity contribution in [3.8, 4) is 0 Å². The van der Waals surface area contributed by atoms with E-state index in [1.807, 2.05) is 6.08 Å². The molecule has 0 aliphatic carbocycles. The molecule has 0 spiro atoms. The Kier molecular flexibility index (Phi) is 44.8. The average molecular weight is 769 g/mol. The first-order chi connectivity index (χ1) is 26.7. The number of rotatable bonds is 48. The quantitative estimate of drug-likeness (QED) is 0.0349. The summed E-state index contributed by atoms with van der Waals surface area (Å²) in [6.45, 7) is 18.5. The summed E-state index contributed by atoms with van der Waals surface area (Å²) >= 11 is 0. The van der Waals surface area contributed by atoms with Crippen molar-refractivity contribution in [2.45, 2.75) is 233 Å². The van der Waals surface area contributed by atoms with E-state index in [9.17, 15) is 0 Å². The molecule has 0 fully saturated rings. The Morgan fingerprint density at radius 3 is 0.870 bits per heavy atom. The second-order valence-electron chi connectivity index (χ2n) is 15.8. The van der Waals surface area contributed by atoms with Crippen molar-refractivity contribution in [1.29, 1.82) is 0 Å². The Balaban J connectivity index is 5.10. The molecule has 0 aromatic rings. The Morgan fingerprint density at radius 1 is 0.333 bits per heavy atom. The van der Waals surface area contributed by atoms with Crippen molar-refractivity contribution >= 4 is 0 Å². The number of hydrogen-bond acceptors (Lipinski definition) is 6. The van der Waals surface area contributed by atoms with Crippen LogP contribution >= 0.6 is 0 Å². The Labute approximate surface area is 338 Å². The number of ether oxygens (including phenoxy) is 6. The summed E-state index contributed by atoms with van der Waals surface area (Å²) in [7, 11) is 0. The summed E-state index contributed by atoms with van der Waals surface area (Å²) in [4.78, 5) is 0.